The Hall–Kier alpha value is -1.75. The first-order valence-corrected chi connectivity index (χ1v) is 6.08. The highest BCUT2D eigenvalue weighted by atomic mass is 19.1. The molecule has 0 radical (unpaired) electrons. The summed E-state index contributed by atoms with van der Waals surface area (Å²) in [7, 11) is 0. The monoisotopic (exact) mass is 247 g/mol. The van der Waals surface area contributed by atoms with Gasteiger partial charge in [-0.3, -0.25) is 0 Å². The molecule has 0 aliphatic carbocycles. The van der Waals surface area contributed by atoms with Gasteiger partial charge in [0.2, 0.25) is 5.95 Å². The molecule has 18 heavy (non-hydrogen) atoms. The van der Waals surface area contributed by atoms with Crippen LogP contribution < -0.4 is 5.73 Å². The second-order valence-electron chi connectivity index (χ2n) is 4.48. The van der Waals surface area contributed by atoms with Gasteiger partial charge in [0.25, 0.3) is 0 Å². The van der Waals surface area contributed by atoms with Gasteiger partial charge in [0.05, 0.1) is 11.2 Å². The van der Waals surface area contributed by atoms with Gasteiger partial charge in [-0.05, 0) is 31.4 Å². The number of halogens is 1. The van der Waals surface area contributed by atoms with Crippen LogP contribution in [0.3, 0.4) is 0 Å². The van der Waals surface area contributed by atoms with E-state index < -0.39 is 0 Å². The number of anilines is 1. The summed E-state index contributed by atoms with van der Waals surface area (Å²) in [6.45, 7) is 0.733. The Morgan fingerprint density at radius 1 is 1.28 bits per heavy atom. The molecule has 4 nitrogen and oxygen atoms in total. The minimum atomic E-state index is -0.323. The summed E-state index contributed by atoms with van der Waals surface area (Å²) in [6, 6.07) is 4.48. The van der Waals surface area contributed by atoms with E-state index in [1.807, 2.05) is 0 Å². The van der Waals surface area contributed by atoms with Crippen LogP contribution >= 0.6 is 0 Å². The SMILES string of the molecule is Nc1nc(C2CCCCO2)c2ccc(F)cc2n1. The molecule has 2 N–H and O–H groups in total. The molecular weight excluding hydrogens is 233 g/mol. The van der Waals surface area contributed by atoms with E-state index in [9.17, 15) is 4.39 Å². The highest BCUT2D eigenvalue weighted by molar-refractivity contribution is 5.82. The van der Waals surface area contributed by atoms with Crippen LogP contribution in [-0.2, 0) is 4.74 Å². The molecule has 2 aromatic rings. The molecular formula is C13H14FN3O. The number of nitrogen functional groups attached to an aromatic ring is 1. The fraction of sp³-hybridized carbons (Fsp3) is 0.385. The van der Waals surface area contributed by atoms with Gasteiger partial charge in [-0.15, -0.1) is 0 Å². The minimum absolute atomic E-state index is 0.0583. The van der Waals surface area contributed by atoms with Gasteiger partial charge in [0.15, 0.2) is 0 Å². The largest absolute Gasteiger partial charge is 0.372 e. The van der Waals surface area contributed by atoms with Crippen LogP contribution in [0.5, 0.6) is 0 Å². The number of rotatable bonds is 1. The summed E-state index contributed by atoms with van der Waals surface area (Å²) in [5, 5.41) is 0.817. The zero-order valence-corrected chi connectivity index (χ0v) is 9.90. The van der Waals surface area contributed by atoms with E-state index in [-0.39, 0.29) is 17.9 Å². The highest BCUT2D eigenvalue weighted by Gasteiger charge is 2.21. The Morgan fingerprint density at radius 3 is 2.94 bits per heavy atom. The standard InChI is InChI=1S/C13H14FN3O/c14-8-4-5-9-10(7-8)16-13(15)17-12(9)11-3-1-2-6-18-11/h4-5,7,11H,1-3,6H2,(H2,15,16,17). The molecule has 2 heterocycles. The molecule has 5 heteroatoms. The third-order valence-corrected chi connectivity index (χ3v) is 3.19. The number of hydrogen-bond donors (Lipinski definition) is 1. The Morgan fingerprint density at radius 2 is 2.17 bits per heavy atom. The topological polar surface area (TPSA) is 61.0 Å². The second kappa shape index (κ2) is 4.49. The summed E-state index contributed by atoms with van der Waals surface area (Å²) in [6.07, 6.45) is 3.04. The van der Waals surface area contributed by atoms with Gasteiger partial charge in [0, 0.05) is 18.1 Å². The molecule has 1 atom stereocenters. The number of nitrogens with zero attached hydrogens (tertiary/aromatic N) is 2. The predicted molar refractivity (Wildman–Crippen MR) is 66.5 cm³/mol. The molecule has 1 unspecified atom stereocenters. The van der Waals surface area contributed by atoms with Gasteiger partial charge < -0.3 is 10.5 Å². The zero-order chi connectivity index (χ0) is 12.5. The maximum absolute atomic E-state index is 13.2. The number of ether oxygens (including phenoxy) is 1. The molecule has 1 aliphatic heterocycles. The first-order chi connectivity index (χ1) is 8.74. The molecule has 1 saturated heterocycles. The van der Waals surface area contributed by atoms with Crippen LogP contribution in [0, 0.1) is 5.82 Å². The maximum Gasteiger partial charge on any atom is 0.220 e. The van der Waals surface area contributed by atoms with Crippen LogP contribution in [-0.4, -0.2) is 16.6 Å². The molecule has 1 aromatic heterocycles. The van der Waals surface area contributed by atoms with Crippen molar-refractivity contribution < 1.29 is 9.13 Å². The van der Waals surface area contributed by atoms with Gasteiger partial charge in [-0.1, -0.05) is 0 Å². The third-order valence-electron chi connectivity index (χ3n) is 3.19. The van der Waals surface area contributed by atoms with Crippen LogP contribution in [0.2, 0.25) is 0 Å². The van der Waals surface area contributed by atoms with Crippen molar-refractivity contribution in [2.45, 2.75) is 25.4 Å². The van der Waals surface area contributed by atoms with Crippen molar-refractivity contribution in [3.63, 3.8) is 0 Å². The van der Waals surface area contributed by atoms with Crippen molar-refractivity contribution in [2.24, 2.45) is 0 Å². The van der Waals surface area contributed by atoms with E-state index in [1.54, 1.807) is 6.07 Å². The molecule has 0 spiro atoms. The lowest BCUT2D eigenvalue weighted by Crippen LogP contribution is -2.14. The lowest BCUT2D eigenvalue weighted by atomic mass is 10.0. The van der Waals surface area contributed by atoms with Crippen molar-refractivity contribution in [1.29, 1.82) is 0 Å². The quantitative estimate of drug-likeness (QED) is 0.841. The van der Waals surface area contributed by atoms with E-state index in [2.05, 4.69) is 9.97 Å². The van der Waals surface area contributed by atoms with Crippen molar-refractivity contribution in [2.75, 3.05) is 12.3 Å². The van der Waals surface area contributed by atoms with Crippen LogP contribution in [0.1, 0.15) is 31.1 Å². The molecule has 0 bridgehead atoms. The van der Waals surface area contributed by atoms with Gasteiger partial charge in [-0.25, -0.2) is 14.4 Å². The van der Waals surface area contributed by atoms with E-state index >= 15 is 0 Å². The van der Waals surface area contributed by atoms with E-state index in [0.717, 1.165) is 36.9 Å². The van der Waals surface area contributed by atoms with Gasteiger partial charge in [0.1, 0.15) is 11.9 Å². The first kappa shape index (κ1) is 11.3. The van der Waals surface area contributed by atoms with E-state index in [0.29, 0.717) is 5.52 Å². The molecule has 1 aromatic carbocycles. The fourth-order valence-corrected chi connectivity index (χ4v) is 2.35. The summed E-state index contributed by atoms with van der Waals surface area (Å²) < 4.78 is 18.9. The summed E-state index contributed by atoms with van der Waals surface area (Å²) in [5.74, 6) is -0.159. The number of hydrogen-bond acceptors (Lipinski definition) is 4. The Bertz CT molecular complexity index is 576. The molecule has 3 rings (SSSR count). The van der Waals surface area contributed by atoms with E-state index in [4.69, 9.17) is 10.5 Å². The number of nitrogens with two attached hydrogens (primary N) is 1. The smallest absolute Gasteiger partial charge is 0.220 e. The predicted octanol–water partition coefficient (Wildman–Crippen LogP) is 2.59. The molecule has 1 aliphatic rings. The zero-order valence-electron chi connectivity index (χ0n) is 9.90. The van der Waals surface area contributed by atoms with Crippen molar-refractivity contribution in [1.82, 2.24) is 9.97 Å². The van der Waals surface area contributed by atoms with Gasteiger partial charge >= 0.3 is 0 Å². The van der Waals surface area contributed by atoms with Crippen LogP contribution in [0.15, 0.2) is 18.2 Å². The Kier molecular flexibility index (Phi) is 2.83. The number of fused-ring (bicyclic) bond motifs is 1. The highest BCUT2D eigenvalue weighted by Crippen LogP contribution is 2.31. The summed E-state index contributed by atoms with van der Waals surface area (Å²) in [5.41, 5.74) is 6.99. The maximum atomic E-state index is 13.2. The summed E-state index contributed by atoms with van der Waals surface area (Å²) in [4.78, 5) is 8.34. The first-order valence-electron chi connectivity index (χ1n) is 6.08. The lowest BCUT2D eigenvalue weighted by Gasteiger charge is -2.23. The lowest BCUT2D eigenvalue weighted by molar-refractivity contribution is 0.0133. The number of aromatic nitrogens is 2. The average Bonchev–Trinajstić information content (AvgIpc) is 2.38. The fourth-order valence-electron chi connectivity index (χ4n) is 2.35. The average molecular weight is 247 g/mol. The summed E-state index contributed by atoms with van der Waals surface area (Å²) >= 11 is 0. The minimum Gasteiger partial charge on any atom is -0.372 e. The second-order valence-corrected chi connectivity index (χ2v) is 4.48. The molecule has 1 fully saturated rings. The Balaban J connectivity index is 2.14. The van der Waals surface area contributed by atoms with E-state index in [1.165, 1.54) is 12.1 Å². The van der Waals surface area contributed by atoms with Crippen molar-refractivity contribution in [3.05, 3.63) is 29.7 Å². The van der Waals surface area contributed by atoms with Crippen molar-refractivity contribution >= 4 is 16.9 Å². The molecule has 0 amide bonds. The normalized spacial score (nSPS) is 20.2. The van der Waals surface area contributed by atoms with Crippen LogP contribution in [0.25, 0.3) is 10.9 Å². The van der Waals surface area contributed by atoms with Crippen LogP contribution in [0.4, 0.5) is 10.3 Å². The third kappa shape index (κ3) is 2.01. The molecule has 94 valence electrons. The molecule has 0 saturated carbocycles. The van der Waals surface area contributed by atoms with Crippen molar-refractivity contribution in [3.8, 4) is 0 Å². The Labute approximate surface area is 104 Å². The van der Waals surface area contributed by atoms with Gasteiger partial charge in [-0.2, -0.15) is 0 Å². The number of benzene rings is 1.